The Bertz CT molecular complexity index is 1890. The van der Waals surface area contributed by atoms with Gasteiger partial charge in [-0.1, -0.05) is 24.3 Å². The Morgan fingerprint density at radius 1 is 0.625 bits per heavy atom. The summed E-state index contributed by atoms with van der Waals surface area (Å²) in [5.41, 5.74) is 0.583. The maximum Gasteiger partial charge on any atom is 0.295 e. The SMILES string of the molecule is O=S(=O)(O)c1cc(Nc2ncnc(N3CCOCC3)n2)ccc1/C=C/c1ccc(Nc2ncnc(N3CCOCC3)n2)cc1S(=O)(=O)O. The molecule has 0 spiro atoms. The van der Waals surface area contributed by atoms with Gasteiger partial charge in [0.05, 0.1) is 26.4 Å². The van der Waals surface area contributed by atoms with Gasteiger partial charge in [-0.25, -0.2) is 19.9 Å². The van der Waals surface area contributed by atoms with Crippen LogP contribution in [0.25, 0.3) is 12.2 Å². The molecule has 0 amide bonds. The molecule has 6 rings (SSSR count). The normalized spacial score (nSPS) is 15.9. The molecule has 0 aliphatic carbocycles. The first kappa shape index (κ1) is 33.1. The summed E-state index contributed by atoms with van der Waals surface area (Å²) >= 11 is 0. The van der Waals surface area contributed by atoms with Crippen LogP contribution in [0.4, 0.5) is 35.2 Å². The minimum atomic E-state index is -4.74. The van der Waals surface area contributed by atoms with E-state index in [1.54, 1.807) is 0 Å². The molecule has 4 N–H and O–H groups in total. The second kappa shape index (κ2) is 14.1. The van der Waals surface area contributed by atoms with E-state index in [1.165, 1.54) is 61.2 Å². The number of rotatable bonds is 10. The number of benzene rings is 2. The van der Waals surface area contributed by atoms with Crippen LogP contribution in [0.3, 0.4) is 0 Å². The topological polar surface area (TPSA) is 235 Å². The predicted molar refractivity (Wildman–Crippen MR) is 174 cm³/mol. The molecule has 0 bridgehead atoms. The molecule has 2 aliphatic rings. The lowest BCUT2D eigenvalue weighted by atomic mass is 10.1. The number of ether oxygens (including phenoxy) is 2. The predicted octanol–water partition coefficient (Wildman–Crippen LogP) is 1.88. The van der Waals surface area contributed by atoms with E-state index < -0.39 is 30.0 Å². The summed E-state index contributed by atoms with van der Waals surface area (Å²) in [5.74, 6) is 1.15. The van der Waals surface area contributed by atoms with Crippen molar-refractivity contribution in [3.05, 3.63) is 60.2 Å². The lowest BCUT2D eigenvalue weighted by molar-refractivity contribution is 0.122. The Kier molecular flexibility index (Phi) is 9.71. The smallest absolute Gasteiger partial charge is 0.295 e. The largest absolute Gasteiger partial charge is 0.378 e. The second-order valence-electron chi connectivity index (χ2n) is 10.5. The van der Waals surface area contributed by atoms with Crippen LogP contribution in [0, 0.1) is 0 Å². The van der Waals surface area contributed by atoms with Crippen LogP contribution in [-0.4, -0.2) is 108 Å². The minimum Gasteiger partial charge on any atom is -0.378 e. The molecule has 18 nitrogen and oxygen atoms in total. The highest BCUT2D eigenvalue weighted by molar-refractivity contribution is 7.86. The molecule has 2 aromatic carbocycles. The van der Waals surface area contributed by atoms with Gasteiger partial charge in [0.25, 0.3) is 20.2 Å². The summed E-state index contributed by atoms with van der Waals surface area (Å²) in [5, 5.41) is 5.83. The standard InChI is InChI=1S/C28H30N10O8S2/c39-47(40,41)23-15-21(33-25-29-17-31-27(35-25)37-7-11-45-12-8-37)5-3-19(23)1-2-20-4-6-22(16-24(20)48(42,43)44)34-26-30-18-32-28(36-26)38-9-13-46-14-10-38/h1-6,15-18H,7-14H2,(H,39,40,41)(H,42,43,44)(H,29,31,33,35)(H,30,32,34,36)/b2-1+. The van der Waals surface area contributed by atoms with Gasteiger partial charge in [0.15, 0.2) is 0 Å². The minimum absolute atomic E-state index is 0.0389. The van der Waals surface area contributed by atoms with E-state index in [2.05, 4.69) is 40.5 Å². The Labute approximate surface area is 275 Å². The van der Waals surface area contributed by atoms with Gasteiger partial charge < -0.3 is 29.9 Å². The van der Waals surface area contributed by atoms with Gasteiger partial charge >= 0.3 is 0 Å². The first-order valence-corrected chi connectivity index (χ1v) is 17.4. The first-order valence-electron chi connectivity index (χ1n) is 14.5. The van der Waals surface area contributed by atoms with Gasteiger partial charge in [0.2, 0.25) is 23.8 Å². The Morgan fingerprint density at radius 2 is 1.02 bits per heavy atom. The molecule has 4 heterocycles. The van der Waals surface area contributed by atoms with Crippen LogP contribution < -0.4 is 20.4 Å². The third-order valence-electron chi connectivity index (χ3n) is 7.24. The Morgan fingerprint density at radius 3 is 1.40 bits per heavy atom. The van der Waals surface area contributed by atoms with E-state index >= 15 is 0 Å². The van der Waals surface area contributed by atoms with Gasteiger partial charge in [-0.3, -0.25) is 9.11 Å². The van der Waals surface area contributed by atoms with Crippen molar-refractivity contribution in [2.75, 3.05) is 73.0 Å². The van der Waals surface area contributed by atoms with Crippen LogP contribution in [0.15, 0.2) is 58.8 Å². The van der Waals surface area contributed by atoms with Crippen LogP contribution in [-0.2, 0) is 29.7 Å². The molecule has 0 saturated carbocycles. The summed E-state index contributed by atoms with van der Waals surface area (Å²) in [6, 6.07) is 8.24. The van der Waals surface area contributed by atoms with Crippen molar-refractivity contribution in [2.45, 2.75) is 9.79 Å². The number of aromatic nitrogens is 6. The molecule has 252 valence electrons. The summed E-state index contributed by atoms with van der Waals surface area (Å²) in [7, 11) is -9.49. The maximum atomic E-state index is 12.4. The van der Waals surface area contributed by atoms with Crippen molar-refractivity contribution in [1.29, 1.82) is 0 Å². The zero-order valence-electron chi connectivity index (χ0n) is 25.2. The summed E-state index contributed by atoms with van der Waals surface area (Å²) in [4.78, 5) is 28.2. The van der Waals surface area contributed by atoms with E-state index in [4.69, 9.17) is 9.47 Å². The molecule has 4 aromatic rings. The molecule has 48 heavy (non-hydrogen) atoms. The highest BCUT2D eigenvalue weighted by Gasteiger charge is 2.20. The number of anilines is 6. The van der Waals surface area contributed by atoms with Crippen molar-refractivity contribution in [1.82, 2.24) is 29.9 Å². The Hall–Kier alpha value is -4.86. The molecular weight excluding hydrogens is 669 g/mol. The lowest BCUT2D eigenvalue weighted by Crippen LogP contribution is -2.37. The van der Waals surface area contributed by atoms with Gasteiger partial charge in [0.1, 0.15) is 22.4 Å². The maximum absolute atomic E-state index is 12.4. The molecule has 2 aliphatic heterocycles. The number of nitrogens with zero attached hydrogens (tertiary/aromatic N) is 8. The van der Waals surface area contributed by atoms with E-state index in [0.717, 1.165) is 0 Å². The number of nitrogens with one attached hydrogen (secondary N) is 2. The van der Waals surface area contributed by atoms with Gasteiger partial charge in [-0.15, -0.1) is 0 Å². The summed E-state index contributed by atoms with van der Waals surface area (Å²) in [6.07, 6.45) is 5.23. The number of hydrogen-bond donors (Lipinski definition) is 4. The van der Waals surface area contributed by atoms with Crippen molar-refractivity contribution >= 4 is 67.6 Å². The van der Waals surface area contributed by atoms with Crippen molar-refractivity contribution in [2.24, 2.45) is 0 Å². The fraction of sp³-hybridized carbons (Fsp3) is 0.286. The first-order chi connectivity index (χ1) is 23.0. The third-order valence-corrected chi connectivity index (χ3v) is 9.06. The third kappa shape index (κ3) is 8.16. The van der Waals surface area contributed by atoms with E-state index in [1.807, 2.05) is 9.80 Å². The lowest BCUT2D eigenvalue weighted by Gasteiger charge is -2.26. The highest BCUT2D eigenvalue weighted by atomic mass is 32.2. The van der Waals surface area contributed by atoms with E-state index in [9.17, 15) is 25.9 Å². The van der Waals surface area contributed by atoms with Crippen molar-refractivity contribution in [3.63, 3.8) is 0 Å². The molecule has 2 saturated heterocycles. The fourth-order valence-electron chi connectivity index (χ4n) is 4.91. The van der Waals surface area contributed by atoms with E-state index in [0.29, 0.717) is 64.5 Å². The quantitative estimate of drug-likeness (QED) is 0.137. The zero-order valence-corrected chi connectivity index (χ0v) is 26.8. The summed E-state index contributed by atoms with van der Waals surface area (Å²) < 4.78 is 80.2. The molecule has 0 radical (unpaired) electrons. The molecule has 2 aromatic heterocycles. The summed E-state index contributed by atoms with van der Waals surface area (Å²) in [6.45, 7) is 4.54. The average molecular weight is 699 g/mol. The van der Waals surface area contributed by atoms with Crippen LogP contribution in [0.2, 0.25) is 0 Å². The number of morpholine rings is 2. The molecule has 20 heteroatoms. The van der Waals surface area contributed by atoms with E-state index in [-0.39, 0.29) is 34.4 Å². The van der Waals surface area contributed by atoms with Gasteiger partial charge in [-0.05, 0) is 35.4 Å². The second-order valence-corrected chi connectivity index (χ2v) is 13.2. The van der Waals surface area contributed by atoms with Gasteiger partial charge in [0, 0.05) is 37.6 Å². The Balaban J connectivity index is 1.24. The van der Waals surface area contributed by atoms with Crippen molar-refractivity contribution < 1.29 is 35.4 Å². The number of hydrogen-bond acceptors (Lipinski definition) is 16. The average Bonchev–Trinajstić information content (AvgIpc) is 3.08. The highest BCUT2D eigenvalue weighted by Crippen LogP contribution is 2.28. The molecular formula is C28H30N10O8S2. The fourth-order valence-corrected chi connectivity index (χ4v) is 6.33. The molecule has 0 atom stereocenters. The van der Waals surface area contributed by atoms with Crippen molar-refractivity contribution in [3.8, 4) is 0 Å². The van der Waals surface area contributed by atoms with Crippen LogP contribution in [0.1, 0.15) is 11.1 Å². The van der Waals surface area contributed by atoms with Gasteiger partial charge in [-0.2, -0.15) is 26.8 Å². The van der Waals surface area contributed by atoms with Crippen LogP contribution >= 0.6 is 0 Å². The van der Waals surface area contributed by atoms with Crippen LogP contribution in [0.5, 0.6) is 0 Å². The monoisotopic (exact) mass is 698 g/mol. The molecule has 0 unspecified atom stereocenters. The zero-order chi connectivity index (χ0) is 33.7. The molecule has 2 fully saturated rings.